The Morgan fingerprint density at radius 3 is 2.25 bits per heavy atom. The average molecular weight is 174 g/mol. The maximum Gasteiger partial charge on any atom is 0.154 e. The van der Waals surface area contributed by atoms with Crippen LogP contribution in [-0.2, 0) is 9.47 Å². The van der Waals surface area contributed by atoms with E-state index in [1.165, 1.54) is 6.42 Å². The molecule has 0 heterocycles. The molecule has 0 fully saturated rings. The second-order valence-electron chi connectivity index (χ2n) is 3.52. The van der Waals surface area contributed by atoms with Gasteiger partial charge in [-0.1, -0.05) is 27.2 Å². The first kappa shape index (κ1) is 11.9. The molecule has 1 atom stereocenters. The predicted molar refractivity (Wildman–Crippen MR) is 51.1 cm³/mol. The van der Waals surface area contributed by atoms with Gasteiger partial charge in [-0.2, -0.15) is 0 Å². The molecule has 0 aliphatic carbocycles. The van der Waals surface area contributed by atoms with Crippen molar-refractivity contribution < 1.29 is 9.47 Å². The molecule has 0 saturated heterocycles. The van der Waals surface area contributed by atoms with Crippen LogP contribution in [0.1, 0.15) is 40.5 Å². The number of rotatable bonds is 7. The Labute approximate surface area is 76.3 Å². The highest BCUT2D eigenvalue weighted by atomic mass is 16.7. The predicted octanol–water partition coefficient (Wildman–Crippen LogP) is 2.82. The van der Waals surface area contributed by atoms with Crippen LogP contribution in [0.15, 0.2) is 0 Å². The average Bonchev–Trinajstić information content (AvgIpc) is 2.01. The lowest BCUT2D eigenvalue weighted by Crippen LogP contribution is -2.16. The number of ether oxygens (including phenoxy) is 2. The normalized spacial score (nSPS) is 13.8. The standard InChI is InChI=1S/C10H22O2/c1-5-6-7-11-10(4)12-8-9(2)3/h9-10H,5-8H2,1-4H3. The first-order chi connectivity index (χ1) is 5.66. The van der Waals surface area contributed by atoms with Crippen LogP contribution in [0.25, 0.3) is 0 Å². The van der Waals surface area contributed by atoms with Crippen molar-refractivity contribution in [1.29, 1.82) is 0 Å². The summed E-state index contributed by atoms with van der Waals surface area (Å²) in [7, 11) is 0. The summed E-state index contributed by atoms with van der Waals surface area (Å²) in [5, 5.41) is 0. The third-order valence-corrected chi connectivity index (χ3v) is 1.51. The van der Waals surface area contributed by atoms with E-state index in [9.17, 15) is 0 Å². The van der Waals surface area contributed by atoms with Crippen molar-refractivity contribution in [3.8, 4) is 0 Å². The van der Waals surface area contributed by atoms with Gasteiger partial charge in [0, 0.05) is 6.61 Å². The molecule has 12 heavy (non-hydrogen) atoms. The lowest BCUT2D eigenvalue weighted by molar-refractivity contribution is -0.136. The molecule has 0 N–H and O–H groups in total. The molecule has 0 aliphatic heterocycles. The van der Waals surface area contributed by atoms with Gasteiger partial charge in [0.2, 0.25) is 0 Å². The van der Waals surface area contributed by atoms with E-state index in [0.717, 1.165) is 19.6 Å². The summed E-state index contributed by atoms with van der Waals surface area (Å²) in [5.74, 6) is 0.585. The summed E-state index contributed by atoms with van der Waals surface area (Å²) in [6.45, 7) is 9.99. The van der Waals surface area contributed by atoms with Crippen molar-refractivity contribution in [1.82, 2.24) is 0 Å². The van der Waals surface area contributed by atoms with Crippen LogP contribution in [0.4, 0.5) is 0 Å². The zero-order chi connectivity index (χ0) is 9.40. The van der Waals surface area contributed by atoms with Gasteiger partial charge in [-0.25, -0.2) is 0 Å². The molecule has 0 spiro atoms. The largest absolute Gasteiger partial charge is 0.353 e. The van der Waals surface area contributed by atoms with Crippen LogP contribution in [0.2, 0.25) is 0 Å². The number of hydrogen-bond acceptors (Lipinski definition) is 2. The van der Waals surface area contributed by atoms with Crippen LogP contribution >= 0.6 is 0 Å². The molecule has 0 aromatic carbocycles. The molecule has 0 aliphatic rings. The van der Waals surface area contributed by atoms with Crippen molar-refractivity contribution >= 4 is 0 Å². The molecular weight excluding hydrogens is 152 g/mol. The van der Waals surface area contributed by atoms with E-state index in [2.05, 4.69) is 20.8 Å². The van der Waals surface area contributed by atoms with Crippen molar-refractivity contribution in [3.05, 3.63) is 0 Å². The molecule has 0 radical (unpaired) electrons. The van der Waals surface area contributed by atoms with Crippen LogP contribution in [0, 0.1) is 5.92 Å². The smallest absolute Gasteiger partial charge is 0.154 e. The second kappa shape index (κ2) is 7.56. The number of hydrogen-bond donors (Lipinski definition) is 0. The fraction of sp³-hybridized carbons (Fsp3) is 1.00. The topological polar surface area (TPSA) is 18.5 Å². The first-order valence-corrected chi connectivity index (χ1v) is 4.90. The van der Waals surface area contributed by atoms with E-state index in [-0.39, 0.29) is 6.29 Å². The summed E-state index contributed by atoms with van der Waals surface area (Å²) < 4.78 is 10.8. The van der Waals surface area contributed by atoms with Crippen LogP contribution in [0.3, 0.4) is 0 Å². The van der Waals surface area contributed by atoms with Gasteiger partial charge in [0.15, 0.2) is 6.29 Å². The minimum Gasteiger partial charge on any atom is -0.353 e. The van der Waals surface area contributed by atoms with Gasteiger partial charge in [0.25, 0.3) is 0 Å². The van der Waals surface area contributed by atoms with E-state index in [1.807, 2.05) is 6.92 Å². The zero-order valence-corrected chi connectivity index (χ0v) is 8.80. The summed E-state index contributed by atoms with van der Waals surface area (Å²) in [4.78, 5) is 0. The summed E-state index contributed by atoms with van der Waals surface area (Å²) in [6.07, 6.45) is 2.26. The lowest BCUT2D eigenvalue weighted by Gasteiger charge is -2.15. The minimum absolute atomic E-state index is 0.0426. The Morgan fingerprint density at radius 1 is 1.08 bits per heavy atom. The Bertz CT molecular complexity index is 91.8. The Hall–Kier alpha value is -0.0800. The first-order valence-electron chi connectivity index (χ1n) is 4.90. The highest BCUT2D eigenvalue weighted by Crippen LogP contribution is 2.00. The van der Waals surface area contributed by atoms with Gasteiger partial charge in [0.1, 0.15) is 0 Å². The molecular formula is C10H22O2. The van der Waals surface area contributed by atoms with Gasteiger partial charge in [0.05, 0.1) is 6.61 Å². The quantitative estimate of drug-likeness (QED) is 0.436. The monoisotopic (exact) mass is 174 g/mol. The maximum atomic E-state index is 5.43. The lowest BCUT2D eigenvalue weighted by atomic mass is 10.2. The van der Waals surface area contributed by atoms with Gasteiger partial charge >= 0.3 is 0 Å². The summed E-state index contributed by atoms with van der Waals surface area (Å²) in [6, 6.07) is 0. The highest BCUT2D eigenvalue weighted by molar-refractivity contribution is 4.41. The molecule has 0 aromatic heterocycles. The van der Waals surface area contributed by atoms with Crippen molar-refractivity contribution in [2.24, 2.45) is 5.92 Å². The van der Waals surface area contributed by atoms with Gasteiger partial charge < -0.3 is 9.47 Å². The SMILES string of the molecule is CCCCOC(C)OCC(C)C. The summed E-state index contributed by atoms with van der Waals surface area (Å²) >= 11 is 0. The number of unbranched alkanes of at least 4 members (excludes halogenated alkanes) is 1. The van der Waals surface area contributed by atoms with Crippen LogP contribution in [-0.4, -0.2) is 19.5 Å². The third kappa shape index (κ3) is 8.02. The third-order valence-electron chi connectivity index (χ3n) is 1.51. The minimum atomic E-state index is -0.0426. The van der Waals surface area contributed by atoms with E-state index >= 15 is 0 Å². The van der Waals surface area contributed by atoms with E-state index in [0.29, 0.717) is 5.92 Å². The summed E-state index contributed by atoms with van der Waals surface area (Å²) in [5.41, 5.74) is 0. The van der Waals surface area contributed by atoms with E-state index in [4.69, 9.17) is 9.47 Å². The van der Waals surface area contributed by atoms with Crippen LogP contribution in [0.5, 0.6) is 0 Å². The highest BCUT2D eigenvalue weighted by Gasteiger charge is 2.02. The van der Waals surface area contributed by atoms with Crippen molar-refractivity contribution in [3.63, 3.8) is 0 Å². The molecule has 0 aromatic rings. The Balaban J connectivity index is 3.15. The molecule has 74 valence electrons. The van der Waals surface area contributed by atoms with E-state index in [1.54, 1.807) is 0 Å². The van der Waals surface area contributed by atoms with E-state index < -0.39 is 0 Å². The van der Waals surface area contributed by atoms with Crippen LogP contribution < -0.4 is 0 Å². The molecule has 2 nitrogen and oxygen atoms in total. The molecule has 2 heteroatoms. The fourth-order valence-electron chi connectivity index (χ4n) is 0.770. The second-order valence-corrected chi connectivity index (χ2v) is 3.52. The van der Waals surface area contributed by atoms with Crippen molar-refractivity contribution in [2.75, 3.05) is 13.2 Å². The molecule has 0 saturated carbocycles. The molecule has 0 amide bonds. The molecule has 0 rings (SSSR count). The molecule has 0 bridgehead atoms. The zero-order valence-electron chi connectivity index (χ0n) is 8.80. The van der Waals surface area contributed by atoms with Gasteiger partial charge in [-0.05, 0) is 19.3 Å². The molecule has 1 unspecified atom stereocenters. The van der Waals surface area contributed by atoms with Crippen molar-refractivity contribution in [2.45, 2.75) is 46.8 Å². The van der Waals surface area contributed by atoms with Gasteiger partial charge in [-0.15, -0.1) is 0 Å². The Morgan fingerprint density at radius 2 is 1.75 bits per heavy atom. The Kier molecular flexibility index (Phi) is 7.51. The maximum absolute atomic E-state index is 5.43. The van der Waals surface area contributed by atoms with Gasteiger partial charge in [-0.3, -0.25) is 0 Å². The fourth-order valence-corrected chi connectivity index (χ4v) is 0.770.